The Balaban J connectivity index is 1.64. The molecule has 0 unspecified atom stereocenters. The highest BCUT2D eigenvalue weighted by Crippen LogP contribution is 2.30. The highest BCUT2D eigenvalue weighted by atomic mass is 32.1. The summed E-state index contributed by atoms with van der Waals surface area (Å²) in [6, 6.07) is 9.94. The molecule has 1 amide bonds. The third-order valence-corrected chi connectivity index (χ3v) is 7.28. The number of amides is 1. The molecule has 0 aliphatic heterocycles. The van der Waals surface area contributed by atoms with E-state index in [-0.39, 0.29) is 11.5 Å². The molecule has 0 radical (unpaired) electrons. The summed E-state index contributed by atoms with van der Waals surface area (Å²) in [6.07, 6.45) is 0. The zero-order valence-corrected chi connectivity index (χ0v) is 21.3. The first-order chi connectivity index (χ1) is 16.1. The second-order valence-electron chi connectivity index (χ2n) is 8.51. The maximum atomic E-state index is 13.4. The number of para-hydroxylation sites is 1. The van der Waals surface area contributed by atoms with Crippen LogP contribution in [0.4, 0.5) is 0 Å². The van der Waals surface area contributed by atoms with Gasteiger partial charge < -0.3 is 4.90 Å². The number of aromatic nitrogens is 5. The van der Waals surface area contributed by atoms with Gasteiger partial charge in [-0.05, 0) is 52.3 Å². The third-order valence-electron chi connectivity index (χ3n) is 6.11. The van der Waals surface area contributed by atoms with Gasteiger partial charge in [-0.15, -0.1) is 11.3 Å². The van der Waals surface area contributed by atoms with Gasteiger partial charge in [0.25, 0.3) is 11.5 Å². The van der Waals surface area contributed by atoms with Gasteiger partial charge in [-0.25, -0.2) is 14.3 Å². The maximum absolute atomic E-state index is 13.4. The van der Waals surface area contributed by atoms with Gasteiger partial charge in [0.05, 0.1) is 28.3 Å². The molecule has 1 aromatic carbocycles. The molecule has 176 valence electrons. The first-order valence-electron chi connectivity index (χ1n) is 11.0. The molecule has 0 saturated carbocycles. The van der Waals surface area contributed by atoms with Crippen LogP contribution in [0.15, 0.2) is 35.1 Å². The van der Waals surface area contributed by atoms with Crippen molar-refractivity contribution in [2.45, 2.75) is 41.2 Å². The first-order valence-corrected chi connectivity index (χ1v) is 11.8. The molecule has 3 aromatic heterocycles. The number of thiazole rings is 1. The SMILES string of the molecule is Cc1nc(-c2c(C)c(C)nn(C)c2=O)sc1C(=O)N(C)Cc1c(C)nn(-c2ccccc2)c1C. The van der Waals surface area contributed by atoms with Crippen LogP contribution in [-0.2, 0) is 13.6 Å². The van der Waals surface area contributed by atoms with E-state index >= 15 is 0 Å². The average molecular weight is 477 g/mol. The van der Waals surface area contributed by atoms with Crippen molar-refractivity contribution in [2.24, 2.45) is 7.05 Å². The normalized spacial score (nSPS) is 11.1. The molecule has 9 heteroatoms. The van der Waals surface area contributed by atoms with E-state index in [2.05, 4.69) is 15.2 Å². The van der Waals surface area contributed by atoms with E-state index in [0.717, 1.165) is 33.9 Å². The van der Waals surface area contributed by atoms with Crippen molar-refractivity contribution in [1.82, 2.24) is 29.4 Å². The van der Waals surface area contributed by atoms with E-state index in [1.807, 2.05) is 62.7 Å². The summed E-state index contributed by atoms with van der Waals surface area (Å²) in [4.78, 5) is 33.0. The Labute approximate surface area is 202 Å². The van der Waals surface area contributed by atoms with Crippen molar-refractivity contribution < 1.29 is 4.79 Å². The van der Waals surface area contributed by atoms with Crippen LogP contribution in [0.3, 0.4) is 0 Å². The summed E-state index contributed by atoms with van der Waals surface area (Å²) in [7, 11) is 3.40. The van der Waals surface area contributed by atoms with Gasteiger partial charge in [-0.3, -0.25) is 9.59 Å². The molecule has 4 rings (SSSR count). The number of hydrogen-bond donors (Lipinski definition) is 0. The predicted molar refractivity (Wildman–Crippen MR) is 134 cm³/mol. The Morgan fingerprint density at radius 3 is 2.35 bits per heavy atom. The van der Waals surface area contributed by atoms with Crippen molar-refractivity contribution >= 4 is 17.2 Å². The minimum absolute atomic E-state index is 0.132. The number of nitrogens with zero attached hydrogens (tertiary/aromatic N) is 6. The van der Waals surface area contributed by atoms with E-state index < -0.39 is 0 Å². The molecule has 34 heavy (non-hydrogen) atoms. The van der Waals surface area contributed by atoms with E-state index in [0.29, 0.717) is 27.7 Å². The van der Waals surface area contributed by atoms with Crippen LogP contribution < -0.4 is 5.56 Å². The molecule has 0 aliphatic carbocycles. The molecule has 3 heterocycles. The smallest absolute Gasteiger partial charge is 0.277 e. The van der Waals surface area contributed by atoms with E-state index in [1.165, 1.54) is 16.0 Å². The number of carbonyl (C=O) groups excluding carboxylic acids is 1. The minimum Gasteiger partial charge on any atom is -0.336 e. The number of aryl methyl sites for hydroxylation is 4. The zero-order valence-electron chi connectivity index (χ0n) is 20.5. The van der Waals surface area contributed by atoms with Crippen LogP contribution in [-0.4, -0.2) is 42.4 Å². The second kappa shape index (κ2) is 8.98. The van der Waals surface area contributed by atoms with Gasteiger partial charge in [0.1, 0.15) is 9.88 Å². The fourth-order valence-electron chi connectivity index (χ4n) is 4.01. The molecule has 8 nitrogen and oxygen atoms in total. The van der Waals surface area contributed by atoms with E-state index in [4.69, 9.17) is 0 Å². The van der Waals surface area contributed by atoms with Crippen LogP contribution in [0.25, 0.3) is 16.3 Å². The highest BCUT2D eigenvalue weighted by Gasteiger charge is 2.24. The first kappa shape index (κ1) is 23.6. The van der Waals surface area contributed by atoms with Crippen LogP contribution in [0.1, 0.15) is 43.6 Å². The molecule has 0 spiro atoms. The molecule has 0 atom stereocenters. The van der Waals surface area contributed by atoms with Crippen LogP contribution in [0.2, 0.25) is 0 Å². The lowest BCUT2D eigenvalue weighted by Gasteiger charge is -2.17. The quantitative estimate of drug-likeness (QED) is 0.436. The monoisotopic (exact) mass is 476 g/mol. The predicted octanol–water partition coefficient (Wildman–Crippen LogP) is 3.90. The van der Waals surface area contributed by atoms with E-state index in [1.54, 1.807) is 25.9 Å². The summed E-state index contributed by atoms with van der Waals surface area (Å²) in [5.41, 5.74) is 6.31. The maximum Gasteiger partial charge on any atom is 0.277 e. The molecular weight excluding hydrogens is 448 g/mol. The second-order valence-corrected chi connectivity index (χ2v) is 9.50. The Morgan fingerprint density at radius 2 is 1.68 bits per heavy atom. The minimum atomic E-state index is -0.219. The van der Waals surface area contributed by atoms with Crippen LogP contribution in [0, 0.1) is 34.6 Å². The fraction of sp³-hybridized carbons (Fsp3) is 0.320. The lowest BCUT2D eigenvalue weighted by Crippen LogP contribution is -2.26. The Bertz CT molecular complexity index is 1450. The van der Waals surface area contributed by atoms with Gasteiger partial charge in [0.2, 0.25) is 0 Å². The Kier molecular flexibility index (Phi) is 6.22. The molecule has 4 aromatic rings. The van der Waals surface area contributed by atoms with Crippen LogP contribution in [0.5, 0.6) is 0 Å². The van der Waals surface area contributed by atoms with Gasteiger partial charge in [-0.1, -0.05) is 18.2 Å². The Hall–Kier alpha value is -3.59. The fourth-order valence-corrected chi connectivity index (χ4v) is 5.16. The summed E-state index contributed by atoms with van der Waals surface area (Å²) >= 11 is 1.25. The summed E-state index contributed by atoms with van der Waals surface area (Å²) < 4.78 is 3.22. The lowest BCUT2D eigenvalue weighted by molar-refractivity contribution is 0.0788. The Morgan fingerprint density at radius 1 is 1.00 bits per heavy atom. The van der Waals surface area contributed by atoms with Gasteiger partial charge in [0, 0.05) is 31.9 Å². The van der Waals surface area contributed by atoms with Gasteiger partial charge in [0.15, 0.2) is 0 Å². The number of hydrogen-bond acceptors (Lipinski definition) is 6. The third kappa shape index (κ3) is 4.07. The molecule has 0 saturated heterocycles. The lowest BCUT2D eigenvalue weighted by atomic mass is 10.1. The zero-order chi connectivity index (χ0) is 24.7. The largest absolute Gasteiger partial charge is 0.336 e. The average Bonchev–Trinajstić information content (AvgIpc) is 3.32. The number of rotatable bonds is 5. The molecule has 0 bridgehead atoms. The molecule has 0 fully saturated rings. The topological polar surface area (TPSA) is 85.9 Å². The molecular formula is C25H28N6O2S. The van der Waals surface area contributed by atoms with Crippen LogP contribution >= 0.6 is 11.3 Å². The van der Waals surface area contributed by atoms with E-state index in [9.17, 15) is 9.59 Å². The summed E-state index contributed by atoms with van der Waals surface area (Å²) in [5.74, 6) is -0.132. The van der Waals surface area contributed by atoms with Crippen molar-refractivity contribution in [2.75, 3.05) is 7.05 Å². The highest BCUT2D eigenvalue weighted by molar-refractivity contribution is 7.17. The van der Waals surface area contributed by atoms with Crippen molar-refractivity contribution in [3.05, 3.63) is 79.5 Å². The molecule has 0 aliphatic rings. The van der Waals surface area contributed by atoms with Gasteiger partial charge >= 0.3 is 0 Å². The summed E-state index contributed by atoms with van der Waals surface area (Å²) in [5, 5.41) is 9.47. The van der Waals surface area contributed by atoms with Crippen molar-refractivity contribution in [3.63, 3.8) is 0 Å². The number of carbonyl (C=O) groups is 1. The standard InChI is InChI=1S/C25H28N6O2S/c1-14-15(2)27-30(7)24(32)21(14)23-26-17(4)22(34-23)25(33)29(6)13-20-16(3)28-31(18(20)5)19-11-9-8-10-12-19/h8-12H,13H2,1-7H3. The van der Waals surface area contributed by atoms with Gasteiger partial charge in [-0.2, -0.15) is 10.2 Å². The van der Waals surface area contributed by atoms with Crippen molar-refractivity contribution in [3.8, 4) is 16.3 Å². The van der Waals surface area contributed by atoms with Crippen molar-refractivity contribution in [1.29, 1.82) is 0 Å². The summed E-state index contributed by atoms with van der Waals surface area (Å²) in [6.45, 7) is 9.92. The molecule has 0 N–H and O–H groups in total. The number of benzene rings is 1.